The van der Waals surface area contributed by atoms with Crippen LogP contribution >= 0.6 is 0 Å². The quantitative estimate of drug-likeness (QED) is 0.576. The third-order valence-electron chi connectivity index (χ3n) is 3.99. The molecule has 1 aliphatic heterocycles. The zero-order chi connectivity index (χ0) is 18.7. The molecule has 0 fully saturated rings. The van der Waals surface area contributed by atoms with Crippen LogP contribution in [0, 0.1) is 6.92 Å². The number of fused-ring (bicyclic) bond motifs is 1. The minimum atomic E-state index is -3.64. The molecule has 7 nitrogen and oxygen atoms in total. The minimum absolute atomic E-state index is 0.0394. The monoisotopic (exact) mass is 373 g/mol. The van der Waals surface area contributed by atoms with Gasteiger partial charge in [-0.05, 0) is 42.8 Å². The molecule has 1 aliphatic rings. The highest BCUT2D eigenvalue weighted by Gasteiger charge is 2.25. The Kier molecular flexibility index (Phi) is 5.08. The Labute approximate surface area is 151 Å². The van der Waals surface area contributed by atoms with Crippen molar-refractivity contribution in [2.24, 2.45) is 0 Å². The van der Waals surface area contributed by atoms with Crippen LogP contribution in [0.15, 0.2) is 53.6 Å². The van der Waals surface area contributed by atoms with Crippen molar-refractivity contribution < 1.29 is 18.3 Å². The maximum Gasteiger partial charge on any atom is 0.257 e. The molecule has 1 amide bonds. The predicted octanol–water partition coefficient (Wildman–Crippen LogP) is 1.67. The number of sulfonamides is 1. The number of rotatable bonds is 6. The molecule has 8 heteroatoms. The van der Waals surface area contributed by atoms with Crippen LogP contribution in [0.4, 0.5) is 11.4 Å². The Bertz CT molecular complexity index is 966. The van der Waals surface area contributed by atoms with E-state index < -0.39 is 10.0 Å². The van der Waals surface area contributed by atoms with Crippen molar-refractivity contribution in [3.63, 3.8) is 0 Å². The number of aryl methyl sites for hydroxylation is 1. The minimum Gasteiger partial charge on any atom is -0.395 e. The summed E-state index contributed by atoms with van der Waals surface area (Å²) in [6.45, 7) is 1.63. The summed E-state index contributed by atoms with van der Waals surface area (Å²) in [7, 11) is -3.64. The van der Waals surface area contributed by atoms with E-state index >= 15 is 0 Å². The van der Waals surface area contributed by atoms with Gasteiger partial charge in [0.15, 0.2) is 0 Å². The fraction of sp³-hybridized carbons (Fsp3) is 0.167. The molecule has 4 N–H and O–H groups in total. The van der Waals surface area contributed by atoms with Gasteiger partial charge in [0.25, 0.3) is 5.91 Å². The van der Waals surface area contributed by atoms with Crippen LogP contribution in [0.3, 0.4) is 0 Å². The molecule has 0 atom stereocenters. The van der Waals surface area contributed by atoms with Gasteiger partial charge in [0.1, 0.15) is 0 Å². The van der Waals surface area contributed by atoms with E-state index in [0.29, 0.717) is 11.3 Å². The molecule has 136 valence electrons. The number of aliphatic hydroxyl groups is 1. The van der Waals surface area contributed by atoms with Crippen LogP contribution in [0.5, 0.6) is 0 Å². The lowest BCUT2D eigenvalue weighted by molar-refractivity contribution is -0.110. The first kappa shape index (κ1) is 18.1. The lowest BCUT2D eigenvalue weighted by Gasteiger charge is -2.07. The molecule has 26 heavy (non-hydrogen) atoms. The van der Waals surface area contributed by atoms with E-state index in [-0.39, 0.29) is 24.0 Å². The molecule has 0 saturated heterocycles. The number of anilines is 2. The van der Waals surface area contributed by atoms with E-state index in [0.717, 1.165) is 16.8 Å². The number of hydrogen-bond acceptors (Lipinski definition) is 5. The van der Waals surface area contributed by atoms with Gasteiger partial charge in [0, 0.05) is 29.7 Å². The van der Waals surface area contributed by atoms with Crippen molar-refractivity contribution in [1.29, 1.82) is 0 Å². The summed E-state index contributed by atoms with van der Waals surface area (Å²) in [6, 6.07) is 11.8. The predicted molar refractivity (Wildman–Crippen MR) is 100 cm³/mol. The summed E-state index contributed by atoms with van der Waals surface area (Å²) < 4.78 is 26.2. The van der Waals surface area contributed by atoms with Crippen LogP contribution in [0.25, 0.3) is 5.57 Å². The highest BCUT2D eigenvalue weighted by Crippen LogP contribution is 2.34. The molecule has 3 rings (SSSR count). The topological polar surface area (TPSA) is 108 Å². The van der Waals surface area contributed by atoms with Crippen LogP contribution in [0.1, 0.15) is 11.1 Å². The zero-order valence-corrected chi connectivity index (χ0v) is 14.9. The van der Waals surface area contributed by atoms with E-state index in [2.05, 4.69) is 15.4 Å². The van der Waals surface area contributed by atoms with Gasteiger partial charge in [-0.1, -0.05) is 12.1 Å². The number of hydrogen-bond donors (Lipinski definition) is 4. The molecule has 0 aromatic heterocycles. The van der Waals surface area contributed by atoms with Crippen LogP contribution < -0.4 is 15.4 Å². The molecular weight excluding hydrogens is 354 g/mol. The summed E-state index contributed by atoms with van der Waals surface area (Å²) in [5.41, 5.74) is 3.80. The van der Waals surface area contributed by atoms with Crippen LogP contribution in [0.2, 0.25) is 0 Å². The molecule has 2 aromatic carbocycles. The molecule has 0 spiro atoms. The van der Waals surface area contributed by atoms with Crippen molar-refractivity contribution in [2.45, 2.75) is 11.8 Å². The summed E-state index contributed by atoms with van der Waals surface area (Å²) in [4.78, 5) is 12.3. The fourth-order valence-electron chi connectivity index (χ4n) is 2.72. The maximum atomic E-state index is 12.2. The van der Waals surface area contributed by atoms with E-state index in [9.17, 15) is 13.2 Å². The van der Waals surface area contributed by atoms with Crippen molar-refractivity contribution in [1.82, 2.24) is 4.72 Å². The third kappa shape index (κ3) is 3.62. The summed E-state index contributed by atoms with van der Waals surface area (Å²) >= 11 is 0. The third-order valence-corrected chi connectivity index (χ3v) is 5.46. The standard InChI is InChI=1S/C18H19N3O4S/c1-12-3-2-4-16-17(12)15(18(23)21-16)11-19-13-5-7-14(8-6-13)26(24,25)20-9-10-22/h2-8,11,19-20,22H,9-10H2,1H3,(H,21,23)/b15-11-. The summed E-state index contributed by atoms with van der Waals surface area (Å²) in [5, 5.41) is 14.6. The van der Waals surface area contributed by atoms with E-state index in [1.807, 2.05) is 25.1 Å². The van der Waals surface area contributed by atoms with E-state index in [1.165, 1.54) is 12.1 Å². The van der Waals surface area contributed by atoms with Gasteiger partial charge in [-0.2, -0.15) is 0 Å². The smallest absolute Gasteiger partial charge is 0.257 e. The SMILES string of the molecule is Cc1cccc2c1/C(=C/Nc1ccc(S(=O)(=O)NCCO)cc1)C(=O)N2. The van der Waals surface area contributed by atoms with E-state index in [4.69, 9.17) is 5.11 Å². The Morgan fingerprint density at radius 1 is 1.15 bits per heavy atom. The zero-order valence-electron chi connectivity index (χ0n) is 14.1. The largest absolute Gasteiger partial charge is 0.395 e. The van der Waals surface area contributed by atoms with Crippen molar-refractivity contribution in [3.8, 4) is 0 Å². The average molecular weight is 373 g/mol. The molecule has 0 radical (unpaired) electrons. The lowest BCUT2D eigenvalue weighted by Crippen LogP contribution is -2.26. The second-order valence-electron chi connectivity index (χ2n) is 5.80. The van der Waals surface area contributed by atoms with Crippen molar-refractivity contribution in [2.75, 3.05) is 23.8 Å². The molecule has 0 unspecified atom stereocenters. The maximum absolute atomic E-state index is 12.2. The normalized spacial score (nSPS) is 15.0. The number of benzene rings is 2. The number of nitrogens with one attached hydrogen (secondary N) is 3. The van der Waals surface area contributed by atoms with Gasteiger partial charge in [-0.3, -0.25) is 4.79 Å². The Hall–Kier alpha value is -2.68. The second-order valence-corrected chi connectivity index (χ2v) is 7.57. The number of amides is 1. The number of carbonyl (C=O) groups excluding carboxylic acids is 1. The number of carbonyl (C=O) groups is 1. The lowest BCUT2D eigenvalue weighted by atomic mass is 10.0. The molecule has 1 heterocycles. The first-order chi connectivity index (χ1) is 12.4. The highest BCUT2D eigenvalue weighted by atomic mass is 32.2. The Morgan fingerprint density at radius 3 is 2.58 bits per heavy atom. The molecule has 0 saturated carbocycles. The van der Waals surface area contributed by atoms with Crippen molar-refractivity contribution in [3.05, 3.63) is 59.8 Å². The van der Waals surface area contributed by atoms with Gasteiger partial charge in [-0.15, -0.1) is 0 Å². The van der Waals surface area contributed by atoms with Crippen LogP contribution in [-0.4, -0.2) is 32.6 Å². The molecule has 2 aromatic rings. The molecular formula is C18H19N3O4S. The number of aliphatic hydroxyl groups excluding tert-OH is 1. The van der Waals surface area contributed by atoms with Gasteiger partial charge >= 0.3 is 0 Å². The molecule has 0 aliphatic carbocycles. The van der Waals surface area contributed by atoms with E-state index in [1.54, 1.807) is 18.3 Å². The second kappa shape index (κ2) is 7.28. The summed E-state index contributed by atoms with van der Waals surface area (Å²) in [5.74, 6) is -0.186. The summed E-state index contributed by atoms with van der Waals surface area (Å²) in [6.07, 6.45) is 1.61. The van der Waals surface area contributed by atoms with Crippen LogP contribution in [-0.2, 0) is 14.8 Å². The first-order valence-corrected chi connectivity index (χ1v) is 9.49. The van der Waals surface area contributed by atoms with Gasteiger partial charge < -0.3 is 15.7 Å². The average Bonchev–Trinajstić information content (AvgIpc) is 2.95. The van der Waals surface area contributed by atoms with Gasteiger partial charge in [-0.25, -0.2) is 13.1 Å². The van der Waals surface area contributed by atoms with Crippen molar-refractivity contribution >= 4 is 32.9 Å². The van der Waals surface area contributed by atoms with Gasteiger partial charge in [0.05, 0.1) is 17.1 Å². The first-order valence-electron chi connectivity index (χ1n) is 8.01. The van der Waals surface area contributed by atoms with Gasteiger partial charge in [0.2, 0.25) is 10.0 Å². The molecule has 0 bridgehead atoms. The highest BCUT2D eigenvalue weighted by molar-refractivity contribution is 7.89. The fourth-order valence-corrected chi connectivity index (χ4v) is 3.74. The Morgan fingerprint density at radius 2 is 1.88 bits per heavy atom. The Balaban J connectivity index is 1.79.